The minimum atomic E-state index is -0.802. The van der Waals surface area contributed by atoms with Gasteiger partial charge in [-0.05, 0) is 86.8 Å². The van der Waals surface area contributed by atoms with Crippen LogP contribution in [0.1, 0.15) is 36.7 Å². The molecule has 4 aromatic carbocycles. The van der Waals surface area contributed by atoms with Gasteiger partial charge in [-0.1, -0.05) is 31.2 Å². The highest BCUT2D eigenvalue weighted by atomic mass is 19.1. The standard InChI is InChI=1S/C41H40FN5O6/c1-26-16-20-46(21-17-26)19-8-22-52-38-25-31-28(24-37(38)51-3)34(15-18-43-31)53-35-14-13-27(23-29(35)42)44-40(48)39-41(49)47(32-10-5-4-9-30(32)45-39)33-11-6-7-12-36(33)50-2/h4-7,9-15,18,23-26H,8,16-17,19-22H2,1-3H3,(H,44,48). The number of halogens is 1. The number of carbonyl (C=O) groups excluding carboxylic acids is 1. The van der Waals surface area contributed by atoms with E-state index in [9.17, 15) is 9.59 Å². The smallest absolute Gasteiger partial charge is 0.287 e. The molecule has 0 unspecified atom stereocenters. The molecule has 6 aromatic rings. The summed E-state index contributed by atoms with van der Waals surface area (Å²) < 4.78 is 40.2. The molecule has 0 atom stereocenters. The zero-order valence-electron chi connectivity index (χ0n) is 29.8. The van der Waals surface area contributed by atoms with E-state index in [0.29, 0.717) is 57.2 Å². The van der Waals surface area contributed by atoms with E-state index < -0.39 is 17.3 Å². The lowest BCUT2D eigenvalue weighted by atomic mass is 9.99. The van der Waals surface area contributed by atoms with Crippen molar-refractivity contribution in [1.29, 1.82) is 0 Å². The highest BCUT2D eigenvalue weighted by Crippen LogP contribution is 2.38. The van der Waals surface area contributed by atoms with Gasteiger partial charge >= 0.3 is 0 Å². The lowest BCUT2D eigenvalue weighted by Gasteiger charge is -2.30. The number of pyridine rings is 1. The van der Waals surface area contributed by atoms with Crippen LogP contribution in [0, 0.1) is 11.7 Å². The lowest BCUT2D eigenvalue weighted by Crippen LogP contribution is -2.34. The van der Waals surface area contributed by atoms with E-state index in [1.165, 1.54) is 36.7 Å². The maximum atomic E-state index is 15.5. The number of para-hydroxylation sites is 4. The van der Waals surface area contributed by atoms with Crippen molar-refractivity contribution in [2.75, 3.05) is 45.8 Å². The quantitative estimate of drug-likeness (QED) is 0.128. The third kappa shape index (κ3) is 7.63. The summed E-state index contributed by atoms with van der Waals surface area (Å²) in [6, 6.07) is 23.1. The van der Waals surface area contributed by atoms with Crippen molar-refractivity contribution in [1.82, 2.24) is 19.4 Å². The van der Waals surface area contributed by atoms with E-state index in [4.69, 9.17) is 18.9 Å². The number of aromatic nitrogens is 3. The summed E-state index contributed by atoms with van der Waals surface area (Å²) in [5.74, 6) is 1.05. The topological polar surface area (TPSA) is 117 Å². The number of nitrogens with one attached hydrogen (secondary N) is 1. The van der Waals surface area contributed by atoms with Crippen LogP contribution in [-0.4, -0.2) is 65.8 Å². The zero-order chi connectivity index (χ0) is 36.9. The number of fused-ring (bicyclic) bond motifs is 2. The van der Waals surface area contributed by atoms with Crippen molar-refractivity contribution >= 4 is 33.5 Å². The number of hydrogen-bond acceptors (Lipinski definition) is 9. The van der Waals surface area contributed by atoms with Crippen molar-refractivity contribution in [2.45, 2.75) is 26.2 Å². The fourth-order valence-electron chi connectivity index (χ4n) is 6.55. The molecule has 11 nitrogen and oxygen atoms in total. The van der Waals surface area contributed by atoms with Crippen molar-refractivity contribution in [3.63, 3.8) is 0 Å². The predicted octanol–water partition coefficient (Wildman–Crippen LogP) is 7.64. The van der Waals surface area contributed by atoms with Crippen LogP contribution in [0.3, 0.4) is 0 Å². The van der Waals surface area contributed by atoms with Crippen LogP contribution in [0.25, 0.3) is 27.6 Å². The molecule has 1 aliphatic heterocycles. The van der Waals surface area contributed by atoms with Crippen LogP contribution >= 0.6 is 0 Å². The first-order valence-electron chi connectivity index (χ1n) is 17.6. The first-order valence-corrected chi connectivity index (χ1v) is 17.6. The van der Waals surface area contributed by atoms with Crippen molar-refractivity contribution in [3.8, 4) is 34.4 Å². The molecule has 0 aliphatic carbocycles. The molecule has 0 spiro atoms. The van der Waals surface area contributed by atoms with Gasteiger partial charge < -0.3 is 29.2 Å². The van der Waals surface area contributed by atoms with Gasteiger partial charge in [-0.2, -0.15) is 0 Å². The van der Waals surface area contributed by atoms with Gasteiger partial charge in [0.15, 0.2) is 28.8 Å². The van der Waals surface area contributed by atoms with Crippen molar-refractivity contribution in [3.05, 3.63) is 113 Å². The van der Waals surface area contributed by atoms with Gasteiger partial charge in [-0.25, -0.2) is 9.37 Å². The van der Waals surface area contributed by atoms with E-state index in [1.54, 1.807) is 80.0 Å². The Kier molecular flexibility index (Phi) is 10.5. The number of amides is 1. The minimum absolute atomic E-state index is 0.0794. The second-order valence-electron chi connectivity index (χ2n) is 13.0. The average Bonchev–Trinajstić information content (AvgIpc) is 3.17. The van der Waals surface area contributed by atoms with E-state index in [1.807, 2.05) is 0 Å². The fraction of sp³-hybridized carbons (Fsp3) is 0.268. The Labute approximate surface area is 305 Å². The maximum Gasteiger partial charge on any atom is 0.287 e. The molecule has 2 aromatic heterocycles. The molecule has 1 saturated heterocycles. The number of hydrogen-bond donors (Lipinski definition) is 1. The van der Waals surface area contributed by atoms with Crippen LogP contribution in [0.5, 0.6) is 28.7 Å². The van der Waals surface area contributed by atoms with Gasteiger partial charge in [-0.3, -0.25) is 19.1 Å². The molecule has 3 heterocycles. The number of ether oxygens (including phenoxy) is 4. The number of benzene rings is 4. The monoisotopic (exact) mass is 717 g/mol. The second-order valence-corrected chi connectivity index (χ2v) is 13.0. The van der Waals surface area contributed by atoms with Crippen LogP contribution in [0.15, 0.2) is 95.9 Å². The lowest BCUT2D eigenvalue weighted by molar-refractivity contribution is 0.102. The highest BCUT2D eigenvalue weighted by molar-refractivity contribution is 6.03. The minimum Gasteiger partial charge on any atom is -0.495 e. The van der Waals surface area contributed by atoms with Gasteiger partial charge in [0.2, 0.25) is 0 Å². The number of rotatable bonds is 12. The number of methoxy groups -OCH3 is 2. The Morgan fingerprint density at radius 1 is 0.868 bits per heavy atom. The Balaban J connectivity index is 1.08. The van der Waals surface area contributed by atoms with Gasteiger partial charge in [0.25, 0.3) is 11.5 Å². The SMILES string of the molecule is COc1cc2c(Oc3ccc(NC(=O)c4nc5ccccc5n(-c5ccccc5OC)c4=O)cc3F)ccnc2cc1OCCCN1CCC(C)CC1. The third-order valence-corrected chi connectivity index (χ3v) is 9.45. The van der Waals surface area contributed by atoms with Crippen LogP contribution in [-0.2, 0) is 0 Å². The summed E-state index contributed by atoms with van der Waals surface area (Å²) in [6.45, 7) is 6.08. The van der Waals surface area contributed by atoms with Gasteiger partial charge in [0, 0.05) is 35.9 Å². The van der Waals surface area contributed by atoms with E-state index in [0.717, 1.165) is 38.0 Å². The number of nitrogens with zero attached hydrogens (tertiary/aromatic N) is 4. The Morgan fingerprint density at radius 3 is 2.43 bits per heavy atom. The first-order chi connectivity index (χ1) is 25.8. The normalized spacial score (nSPS) is 13.6. The summed E-state index contributed by atoms with van der Waals surface area (Å²) in [7, 11) is 3.06. The molecular weight excluding hydrogens is 677 g/mol. The third-order valence-electron chi connectivity index (χ3n) is 9.45. The Morgan fingerprint density at radius 2 is 1.64 bits per heavy atom. The molecule has 12 heteroatoms. The molecule has 1 amide bonds. The molecule has 7 rings (SSSR count). The molecule has 272 valence electrons. The molecular formula is C41H40FN5O6. The number of likely N-dealkylation sites (tertiary alicyclic amines) is 1. The molecule has 0 bridgehead atoms. The first kappa shape index (κ1) is 35.4. The zero-order valence-corrected chi connectivity index (χ0v) is 29.8. The molecule has 1 aliphatic rings. The van der Waals surface area contributed by atoms with E-state index >= 15 is 4.39 Å². The summed E-state index contributed by atoms with van der Waals surface area (Å²) in [5.41, 5.74) is 1.03. The van der Waals surface area contributed by atoms with Crippen LogP contribution in [0.2, 0.25) is 0 Å². The molecule has 0 saturated carbocycles. The van der Waals surface area contributed by atoms with Crippen LogP contribution in [0.4, 0.5) is 10.1 Å². The largest absolute Gasteiger partial charge is 0.495 e. The summed E-state index contributed by atoms with van der Waals surface area (Å²) in [5, 5.41) is 3.21. The van der Waals surface area contributed by atoms with Gasteiger partial charge in [-0.15, -0.1) is 0 Å². The number of anilines is 1. The maximum absolute atomic E-state index is 15.5. The van der Waals surface area contributed by atoms with E-state index in [2.05, 4.69) is 27.1 Å². The highest BCUT2D eigenvalue weighted by Gasteiger charge is 2.22. The predicted molar refractivity (Wildman–Crippen MR) is 202 cm³/mol. The Bertz CT molecular complexity index is 2340. The average molecular weight is 718 g/mol. The Hall–Kier alpha value is -6.01. The van der Waals surface area contributed by atoms with Crippen molar-refractivity contribution in [2.24, 2.45) is 5.92 Å². The molecule has 1 fully saturated rings. The molecule has 53 heavy (non-hydrogen) atoms. The number of piperidine rings is 1. The summed E-state index contributed by atoms with van der Waals surface area (Å²) in [6.07, 6.45) is 4.94. The number of carbonyl (C=O) groups is 1. The summed E-state index contributed by atoms with van der Waals surface area (Å²) >= 11 is 0. The van der Waals surface area contributed by atoms with E-state index in [-0.39, 0.29) is 17.1 Å². The molecule has 1 N–H and O–H groups in total. The summed E-state index contributed by atoms with van der Waals surface area (Å²) in [4.78, 5) is 38.6. The fourth-order valence-corrected chi connectivity index (χ4v) is 6.55. The van der Waals surface area contributed by atoms with Gasteiger partial charge in [0.05, 0.1) is 43.1 Å². The second kappa shape index (κ2) is 15.7. The molecule has 0 radical (unpaired) electrons. The van der Waals surface area contributed by atoms with Crippen molar-refractivity contribution < 1.29 is 28.1 Å². The van der Waals surface area contributed by atoms with Crippen LogP contribution < -0.4 is 29.8 Å². The van der Waals surface area contributed by atoms with Gasteiger partial charge in [0.1, 0.15) is 11.5 Å².